The number of nitrogens with one attached hydrogen (secondary N) is 2. The molecule has 0 spiro atoms. The molecule has 0 unspecified atom stereocenters. The molecular weight excluding hydrogens is 598 g/mol. The maximum Gasteiger partial charge on any atom is 0.257 e. The highest BCUT2D eigenvalue weighted by molar-refractivity contribution is 8.13. The van der Waals surface area contributed by atoms with Crippen LogP contribution in [0.3, 0.4) is 0 Å². The Bertz CT molecular complexity index is 1760. The van der Waals surface area contributed by atoms with Gasteiger partial charge in [-0.25, -0.2) is 32.5 Å². The van der Waals surface area contributed by atoms with Crippen molar-refractivity contribution < 1.29 is 27.2 Å². The van der Waals surface area contributed by atoms with Gasteiger partial charge in [0.2, 0.25) is 11.9 Å². The number of carbonyl (C=O) groups excluding carboxylic acids is 2. The molecule has 224 valence electrons. The molecule has 0 saturated carbocycles. The number of hydrogen-bond donors (Lipinski definition) is 2. The van der Waals surface area contributed by atoms with Crippen molar-refractivity contribution in [3.8, 4) is 0 Å². The van der Waals surface area contributed by atoms with E-state index in [0.29, 0.717) is 23.9 Å². The Morgan fingerprint density at radius 2 is 1.66 bits per heavy atom. The highest BCUT2D eigenvalue weighted by Crippen LogP contribution is 2.47. The van der Waals surface area contributed by atoms with Crippen molar-refractivity contribution in [2.45, 2.75) is 12.0 Å². The number of benzene rings is 2. The summed E-state index contributed by atoms with van der Waals surface area (Å²) in [4.78, 5) is 44.2. The van der Waals surface area contributed by atoms with E-state index in [0.717, 1.165) is 18.6 Å². The van der Waals surface area contributed by atoms with Crippen LogP contribution in [0.25, 0.3) is 0 Å². The van der Waals surface area contributed by atoms with Gasteiger partial charge in [0.15, 0.2) is 11.0 Å². The molecule has 0 aliphatic carbocycles. The lowest BCUT2D eigenvalue weighted by molar-refractivity contribution is -0.115. The second kappa shape index (κ2) is 12.0. The summed E-state index contributed by atoms with van der Waals surface area (Å²) >= 11 is 1.31. The smallest absolute Gasteiger partial charge is 0.257 e. The van der Waals surface area contributed by atoms with E-state index in [4.69, 9.17) is 4.99 Å². The van der Waals surface area contributed by atoms with Gasteiger partial charge in [-0.3, -0.25) is 14.6 Å². The number of aliphatic imine (C=N–C) groups is 1. The Morgan fingerprint density at radius 3 is 2.41 bits per heavy atom. The number of nitrogens with zero attached hydrogens (tertiary/aromatic N) is 5. The van der Waals surface area contributed by atoms with Gasteiger partial charge in [-0.1, -0.05) is 30.0 Å². The SMILES string of the molecule is O=C(Cc1ncc(F)cc1F)Nc1ccc(F)c([C@]23CN(c4ncc(F)cn4)C[C@H]2CSC(NC(=O)c2ccccc2)=N3)c1. The molecule has 4 aromatic rings. The van der Waals surface area contributed by atoms with Gasteiger partial charge in [0.25, 0.3) is 5.91 Å². The fraction of sp³-hybridized carbons (Fsp3) is 0.200. The number of rotatable bonds is 6. The van der Waals surface area contributed by atoms with Gasteiger partial charge in [-0.05, 0) is 30.3 Å². The molecule has 1 fully saturated rings. The van der Waals surface area contributed by atoms with Crippen molar-refractivity contribution in [1.82, 2.24) is 20.3 Å². The molecule has 2 aliphatic heterocycles. The first-order chi connectivity index (χ1) is 21.2. The van der Waals surface area contributed by atoms with Crippen LogP contribution in [0.2, 0.25) is 0 Å². The van der Waals surface area contributed by atoms with Gasteiger partial charge in [-0.2, -0.15) is 0 Å². The van der Waals surface area contributed by atoms with Crippen LogP contribution in [0.15, 0.2) is 78.2 Å². The molecule has 4 heterocycles. The van der Waals surface area contributed by atoms with Crippen LogP contribution in [0.5, 0.6) is 0 Å². The Kier molecular flexibility index (Phi) is 7.99. The maximum absolute atomic E-state index is 15.7. The Morgan fingerprint density at radius 1 is 0.909 bits per heavy atom. The summed E-state index contributed by atoms with van der Waals surface area (Å²) in [6, 6.07) is 13.2. The molecular formula is C30H23F4N7O2S. The first-order valence-electron chi connectivity index (χ1n) is 13.4. The maximum atomic E-state index is 15.7. The summed E-state index contributed by atoms with van der Waals surface area (Å²) in [6.07, 6.45) is 2.41. The van der Waals surface area contributed by atoms with Crippen LogP contribution in [0.4, 0.5) is 29.2 Å². The van der Waals surface area contributed by atoms with E-state index in [1.54, 1.807) is 35.2 Å². The second-order valence-corrected chi connectivity index (χ2v) is 11.3. The van der Waals surface area contributed by atoms with Crippen molar-refractivity contribution in [2.75, 3.05) is 29.1 Å². The number of carbonyl (C=O) groups is 2. The van der Waals surface area contributed by atoms with Gasteiger partial charge < -0.3 is 15.5 Å². The van der Waals surface area contributed by atoms with Gasteiger partial charge in [0.1, 0.15) is 23.0 Å². The molecule has 2 aromatic heterocycles. The molecule has 2 atom stereocenters. The molecule has 0 radical (unpaired) electrons. The predicted octanol–water partition coefficient (Wildman–Crippen LogP) is 4.47. The number of aromatic nitrogens is 3. The van der Waals surface area contributed by atoms with Gasteiger partial charge >= 0.3 is 0 Å². The van der Waals surface area contributed by atoms with E-state index in [1.165, 1.54) is 30.0 Å². The average Bonchev–Trinajstić information content (AvgIpc) is 3.40. The predicted molar refractivity (Wildman–Crippen MR) is 156 cm³/mol. The van der Waals surface area contributed by atoms with E-state index in [1.807, 2.05) is 0 Å². The van der Waals surface area contributed by atoms with Crippen LogP contribution >= 0.6 is 11.8 Å². The molecule has 6 rings (SSSR count). The minimum absolute atomic E-state index is 0.0909. The molecule has 9 nitrogen and oxygen atoms in total. The van der Waals surface area contributed by atoms with Crippen molar-refractivity contribution in [3.63, 3.8) is 0 Å². The van der Waals surface area contributed by atoms with Crippen molar-refractivity contribution in [2.24, 2.45) is 10.9 Å². The summed E-state index contributed by atoms with van der Waals surface area (Å²) in [5.41, 5.74) is -0.729. The van der Waals surface area contributed by atoms with Crippen LogP contribution in [-0.2, 0) is 16.8 Å². The Hall–Kier alpha value is -4.85. The first-order valence-corrected chi connectivity index (χ1v) is 14.4. The molecule has 2 amide bonds. The largest absolute Gasteiger partial charge is 0.338 e. The van der Waals surface area contributed by atoms with Gasteiger partial charge in [-0.15, -0.1) is 0 Å². The molecule has 1 saturated heterocycles. The number of amidine groups is 1. The minimum Gasteiger partial charge on any atom is -0.338 e. The topological polar surface area (TPSA) is 112 Å². The highest BCUT2D eigenvalue weighted by atomic mass is 32.2. The van der Waals surface area contributed by atoms with Gasteiger partial charge in [0.05, 0.1) is 37.3 Å². The number of halogens is 4. The van der Waals surface area contributed by atoms with Gasteiger partial charge in [0, 0.05) is 41.1 Å². The molecule has 2 aliphatic rings. The van der Waals surface area contributed by atoms with Crippen LogP contribution in [0.1, 0.15) is 21.6 Å². The monoisotopic (exact) mass is 621 g/mol. The Balaban J connectivity index is 1.34. The molecule has 2 N–H and O–H groups in total. The fourth-order valence-corrected chi connectivity index (χ4v) is 6.42. The van der Waals surface area contributed by atoms with Crippen LogP contribution < -0.4 is 15.5 Å². The van der Waals surface area contributed by atoms with E-state index >= 15 is 4.39 Å². The van der Waals surface area contributed by atoms with Crippen LogP contribution in [-0.4, -0.2) is 50.8 Å². The summed E-state index contributed by atoms with van der Waals surface area (Å²) in [6.45, 7) is 0.446. The van der Waals surface area contributed by atoms with E-state index in [2.05, 4.69) is 25.6 Å². The second-order valence-electron chi connectivity index (χ2n) is 10.3. The third kappa shape index (κ3) is 5.97. The third-order valence-corrected chi connectivity index (χ3v) is 8.38. The molecule has 2 aromatic carbocycles. The van der Waals surface area contributed by atoms with E-state index in [-0.39, 0.29) is 46.4 Å². The molecule has 0 bridgehead atoms. The zero-order chi connectivity index (χ0) is 30.8. The minimum atomic E-state index is -1.25. The quantitative estimate of drug-likeness (QED) is 0.306. The van der Waals surface area contributed by atoms with E-state index in [9.17, 15) is 22.8 Å². The zero-order valence-corrected chi connectivity index (χ0v) is 23.6. The lowest BCUT2D eigenvalue weighted by atomic mass is 9.81. The van der Waals surface area contributed by atoms with E-state index < -0.39 is 41.1 Å². The summed E-state index contributed by atoms with van der Waals surface area (Å²) in [7, 11) is 0. The third-order valence-electron chi connectivity index (χ3n) is 7.34. The number of thioether (sulfide) groups is 1. The normalized spacial score (nSPS) is 19.2. The van der Waals surface area contributed by atoms with Crippen molar-refractivity contribution in [1.29, 1.82) is 0 Å². The summed E-state index contributed by atoms with van der Waals surface area (Å²) in [5.74, 6) is -3.70. The van der Waals surface area contributed by atoms with Crippen molar-refractivity contribution in [3.05, 3.63) is 113 Å². The Labute approximate surface area is 252 Å². The standard InChI is InChI=1S/C30H23F4N7O2S/c31-19-8-24(34)25(35-11-19)10-26(42)38-21-6-7-23(33)22(9-21)30-16-41(28-36-12-20(32)13-37-28)14-18(30)15-44-29(40-30)39-27(43)17-4-2-1-3-5-17/h1-9,11-13,18H,10,14-16H2,(H,38,42)(H,39,40,43)/t18-,30-/m0/s1. The average molecular weight is 622 g/mol. The van der Waals surface area contributed by atoms with Crippen molar-refractivity contribution >= 4 is 40.4 Å². The first kappa shape index (κ1) is 29.2. The zero-order valence-electron chi connectivity index (χ0n) is 22.8. The number of anilines is 2. The lowest BCUT2D eigenvalue weighted by Gasteiger charge is -2.35. The number of fused-ring (bicyclic) bond motifs is 1. The number of hydrogen-bond acceptors (Lipinski definition) is 8. The fourth-order valence-electron chi connectivity index (χ4n) is 5.29. The van der Waals surface area contributed by atoms with Crippen LogP contribution in [0, 0.1) is 29.2 Å². The number of pyridine rings is 1. The highest BCUT2D eigenvalue weighted by Gasteiger charge is 2.52. The molecule has 14 heteroatoms. The number of amides is 2. The molecule has 44 heavy (non-hydrogen) atoms. The lowest BCUT2D eigenvalue weighted by Crippen LogP contribution is -2.43. The summed E-state index contributed by atoms with van der Waals surface area (Å²) < 4.78 is 56.6. The summed E-state index contributed by atoms with van der Waals surface area (Å²) in [5, 5.41) is 5.72.